The molecule has 0 saturated heterocycles. The van der Waals surface area contributed by atoms with Gasteiger partial charge in [0, 0.05) is 5.41 Å². The summed E-state index contributed by atoms with van der Waals surface area (Å²) >= 11 is 0. The quantitative estimate of drug-likeness (QED) is 0.568. The number of benzene rings is 2. The predicted octanol–water partition coefficient (Wildman–Crippen LogP) is 5.29. The van der Waals surface area contributed by atoms with E-state index < -0.39 is 40.4 Å². The first kappa shape index (κ1) is 20.6. The number of aromatic hydroxyl groups is 1. The lowest BCUT2D eigenvalue weighted by Crippen LogP contribution is -2.21. The van der Waals surface area contributed by atoms with Crippen LogP contribution in [0.5, 0.6) is 11.5 Å². The van der Waals surface area contributed by atoms with Crippen LogP contribution >= 0.6 is 0 Å². The minimum absolute atomic E-state index is 0.0461. The Morgan fingerprint density at radius 2 is 1.33 bits per heavy atom. The van der Waals surface area contributed by atoms with Crippen LogP contribution in [-0.2, 0) is 22.6 Å². The smallest absolute Gasteiger partial charge is 0.419 e. The Balaban J connectivity index is 2.62. The Morgan fingerprint density at radius 3 is 1.81 bits per heavy atom. The molecule has 146 valence electrons. The van der Waals surface area contributed by atoms with E-state index in [0.29, 0.717) is 6.07 Å². The average Bonchev–Trinajstić information content (AvgIpc) is 2.53. The zero-order chi connectivity index (χ0) is 20.6. The highest BCUT2D eigenvalue weighted by Crippen LogP contribution is 2.43. The highest BCUT2D eigenvalue weighted by Gasteiger charge is 2.38. The third-order valence-corrected chi connectivity index (χ3v) is 4.21. The fourth-order valence-electron chi connectivity index (χ4n) is 2.61. The molecule has 9 heteroatoms. The van der Waals surface area contributed by atoms with Crippen molar-refractivity contribution in [2.45, 2.75) is 31.6 Å². The predicted molar refractivity (Wildman–Crippen MR) is 83.4 cm³/mol. The topological polar surface area (TPSA) is 46.5 Å². The molecule has 0 spiro atoms. The lowest BCUT2D eigenvalue weighted by molar-refractivity contribution is -0.140. The second kappa shape index (κ2) is 6.79. The van der Waals surface area contributed by atoms with Crippen molar-refractivity contribution >= 4 is 6.47 Å². The maximum Gasteiger partial charge on any atom is 0.419 e. The second-order valence-electron chi connectivity index (χ2n) is 6.28. The number of carbonyl (C=O) groups is 1. The monoisotopic (exact) mass is 392 g/mol. The van der Waals surface area contributed by atoms with Gasteiger partial charge in [0.2, 0.25) is 0 Å². The lowest BCUT2D eigenvalue weighted by Gasteiger charge is -2.28. The van der Waals surface area contributed by atoms with Crippen LogP contribution in [0.4, 0.5) is 26.3 Å². The zero-order valence-corrected chi connectivity index (χ0v) is 14.1. The molecule has 0 radical (unpaired) electrons. The maximum absolute atomic E-state index is 13.2. The molecule has 3 nitrogen and oxygen atoms in total. The maximum atomic E-state index is 13.2. The van der Waals surface area contributed by atoms with E-state index in [1.54, 1.807) is 0 Å². The largest absolute Gasteiger partial charge is 0.507 e. The van der Waals surface area contributed by atoms with E-state index in [9.17, 15) is 36.2 Å². The van der Waals surface area contributed by atoms with E-state index in [1.165, 1.54) is 26.0 Å². The van der Waals surface area contributed by atoms with Gasteiger partial charge >= 0.3 is 12.4 Å². The standard InChI is InChI=1S/C18H14F6O3/c1-16(2,10-3-5-14(26)12(7-10)17(19,20)21)11-4-6-15(27-9-25)13(8-11)18(22,23)24/h3-9,26H,1-2H3. The summed E-state index contributed by atoms with van der Waals surface area (Å²) in [6.45, 7) is 2.73. The van der Waals surface area contributed by atoms with E-state index in [2.05, 4.69) is 4.74 Å². The van der Waals surface area contributed by atoms with Gasteiger partial charge in [-0.05, 0) is 35.4 Å². The third kappa shape index (κ3) is 4.17. The molecule has 0 amide bonds. The van der Waals surface area contributed by atoms with Crippen LogP contribution in [0, 0.1) is 0 Å². The molecule has 2 aromatic carbocycles. The summed E-state index contributed by atoms with van der Waals surface area (Å²) in [5, 5.41) is 9.43. The van der Waals surface area contributed by atoms with Gasteiger partial charge in [0.05, 0.1) is 11.1 Å². The second-order valence-corrected chi connectivity index (χ2v) is 6.28. The van der Waals surface area contributed by atoms with Crippen molar-refractivity contribution in [2.24, 2.45) is 0 Å². The fraction of sp³-hybridized carbons (Fsp3) is 0.278. The molecular formula is C18H14F6O3. The van der Waals surface area contributed by atoms with Gasteiger partial charge in [-0.2, -0.15) is 26.3 Å². The van der Waals surface area contributed by atoms with Crippen LogP contribution in [-0.4, -0.2) is 11.6 Å². The molecule has 0 heterocycles. The van der Waals surface area contributed by atoms with Crippen molar-refractivity contribution in [3.63, 3.8) is 0 Å². The summed E-state index contributed by atoms with van der Waals surface area (Å²) in [7, 11) is 0. The number of phenols is 1. The van der Waals surface area contributed by atoms with Crippen LogP contribution in [0.25, 0.3) is 0 Å². The fourth-order valence-corrected chi connectivity index (χ4v) is 2.61. The number of rotatable bonds is 4. The van der Waals surface area contributed by atoms with Crippen LogP contribution in [0.3, 0.4) is 0 Å². The Hall–Kier alpha value is -2.71. The Bertz CT molecular complexity index is 853. The van der Waals surface area contributed by atoms with E-state index in [-0.39, 0.29) is 17.6 Å². The van der Waals surface area contributed by atoms with E-state index in [4.69, 9.17) is 0 Å². The molecule has 2 rings (SSSR count). The van der Waals surface area contributed by atoms with Gasteiger partial charge in [0.1, 0.15) is 11.5 Å². The van der Waals surface area contributed by atoms with Crippen LogP contribution < -0.4 is 4.74 Å². The molecule has 0 fully saturated rings. The molecule has 0 aliphatic heterocycles. The van der Waals surface area contributed by atoms with Crippen molar-refractivity contribution in [3.8, 4) is 11.5 Å². The Kier molecular flexibility index (Phi) is 5.18. The van der Waals surface area contributed by atoms with Crippen LogP contribution in [0.2, 0.25) is 0 Å². The number of carbonyl (C=O) groups excluding carboxylic acids is 1. The summed E-state index contributed by atoms with van der Waals surface area (Å²) in [6, 6.07) is 5.62. The molecule has 0 aliphatic carbocycles. The summed E-state index contributed by atoms with van der Waals surface area (Å²) < 4.78 is 83.1. The molecular weight excluding hydrogens is 378 g/mol. The minimum atomic E-state index is -4.84. The third-order valence-electron chi connectivity index (χ3n) is 4.21. The SMILES string of the molecule is CC(C)(c1ccc(O)c(C(F)(F)F)c1)c1ccc(OC=O)c(C(F)(F)F)c1. The molecule has 2 aromatic rings. The van der Waals surface area contributed by atoms with Crippen molar-refractivity contribution < 1.29 is 41.0 Å². The molecule has 1 N–H and O–H groups in total. The molecule has 0 unspecified atom stereocenters. The number of hydrogen-bond donors (Lipinski definition) is 1. The zero-order valence-electron chi connectivity index (χ0n) is 14.1. The molecule has 0 atom stereocenters. The summed E-state index contributed by atoms with van der Waals surface area (Å²) in [5.41, 5.74) is -3.69. The highest BCUT2D eigenvalue weighted by molar-refractivity contribution is 5.52. The van der Waals surface area contributed by atoms with Gasteiger partial charge in [-0.1, -0.05) is 26.0 Å². The number of phenolic OH excluding ortho intramolecular Hbond substituents is 1. The van der Waals surface area contributed by atoms with Crippen LogP contribution in [0.1, 0.15) is 36.1 Å². The van der Waals surface area contributed by atoms with E-state index in [0.717, 1.165) is 18.2 Å². The average molecular weight is 392 g/mol. The lowest BCUT2D eigenvalue weighted by atomic mass is 9.77. The molecule has 0 bridgehead atoms. The summed E-state index contributed by atoms with van der Waals surface area (Å²) in [4.78, 5) is 10.4. The first-order valence-electron chi connectivity index (χ1n) is 7.51. The van der Waals surface area contributed by atoms with Gasteiger partial charge in [0.25, 0.3) is 6.47 Å². The van der Waals surface area contributed by atoms with Gasteiger partial charge < -0.3 is 9.84 Å². The Labute approximate surface area is 150 Å². The number of ether oxygens (including phenoxy) is 1. The van der Waals surface area contributed by atoms with Crippen molar-refractivity contribution in [1.82, 2.24) is 0 Å². The van der Waals surface area contributed by atoms with Gasteiger partial charge in [-0.25, -0.2) is 0 Å². The highest BCUT2D eigenvalue weighted by atomic mass is 19.4. The van der Waals surface area contributed by atoms with Crippen molar-refractivity contribution in [1.29, 1.82) is 0 Å². The summed E-state index contributed by atoms with van der Waals surface area (Å²) in [5.74, 6) is -1.69. The first-order chi connectivity index (χ1) is 12.3. The normalized spacial score (nSPS) is 12.7. The van der Waals surface area contributed by atoms with Gasteiger partial charge in [-0.15, -0.1) is 0 Å². The van der Waals surface area contributed by atoms with E-state index in [1.807, 2.05) is 0 Å². The molecule has 0 saturated carbocycles. The van der Waals surface area contributed by atoms with Crippen molar-refractivity contribution in [3.05, 3.63) is 58.7 Å². The molecule has 27 heavy (non-hydrogen) atoms. The van der Waals surface area contributed by atoms with Crippen LogP contribution in [0.15, 0.2) is 36.4 Å². The summed E-state index contributed by atoms with van der Waals surface area (Å²) in [6.07, 6.45) is -9.66. The van der Waals surface area contributed by atoms with Gasteiger partial charge in [-0.3, -0.25) is 4.79 Å². The first-order valence-corrected chi connectivity index (χ1v) is 7.51. The number of halogens is 6. The van der Waals surface area contributed by atoms with E-state index >= 15 is 0 Å². The number of alkyl halides is 6. The van der Waals surface area contributed by atoms with Gasteiger partial charge in [0.15, 0.2) is 0 Å². The molecule has 0 aliphatic rings. The molecule has 0 aromatic heterocycles. The number of hydrogen-bond acceptors (Lipinski definition) is 3. The minimum Gasteiger partial charge on any atom is -0.507 e. The Morgan fingerprint density at radius 1 is 0.852 bits per heavy atom. The van der Waals surface area contributed by atoms with Crippen molar-refractivity contribution in [2.75, 3.05) is 0 Å².